The van der Waals surface area contributed by atoms with E-state index in [0.29, 0.717) is 0 Å². The third-order valence-electron chi connectivity index (χ3n) is 4.41. The van der Waals surface area contributed by atoms with Crippen LogP contribution in [0, 0.1) is 6.92 Å². The molecule has 0 radical (unpaired) electrons. The first-order valence-corrected chi connectivity index (χ1v) is 7.98. The van der Waals surface area contributed by atoms with E-state index in [2.05, 4.69) is 49.9 Å². The molecule has 1 saturated heterocycles. The number of piperidine rings is 1. The number of anilines is 1. The second kappa shape index (κ2) is 5.44. The van der Waals surface area contributed by atoms with Crippen molar-refractivity contribution in [2.24, 2.45) is 0 Å². The molecule has 0 spiro atoms. The first-order valence-electron chi connectivity index (χ1n) is 7.98. The highest BCUT2D eigenvalue weighted by Gasteiger charge is 2.15. The molecule has 0 aliphatic carbocycles. The van der Waals surface area contributed by atoms with Crippen LogP contribution in [0.25, 0.3) is 16.7 Å². The quantitative estimate of drug-likeness (QED) is 0.722. The predicted octanol–water partition coefficient (Wildman–Crippen LogP) is 3.72. The molecule has 0 N–H and O–H groups in total. The zero-order valence-electron chi connectivity index (χ0n) is 12.9. The first-order chi connectivity index (χ1) is 10.8. The van der Waals surface area contributed by atoms with Crippen molar-refractivity contribution in [3.8, 4) is 5.82 Å². The molecule has 1 aliphatic heterocycles. The van der Waals surface area contributed by atoms with E-state index in [-0.39, 0.29) is 0 Å². The topological polar surface area (TPSA) is 34.0 Å². The minimum atomic E-state index is 0.798. The standard InChI is InChI=1S/C18H20N4/c1-14-19-10-8-18(20-14)22-13-9-15-16(6-5-7-17(15)22)21-11-3-2-4-12-21/h5-10,13H,2-4,11-12H2,1H3. The van der Waals surface area contributed by atoms with Crippen LogP contribution in [0.4, 0.5) is 5.69 Å². The second-order valence-electron chi connectivity index (χ2n) is 5.91. The van der Waals surface area contributed by atoms with Crippen molar-refractivity contribution in [3.05, 3.63) is 48.5 Å². The number of aryl methyl sites for hydroxylation is 1. The Morgan fingerprint density at radius 3 is 2.68 bits per heavy atom. The van der Waals surface area contributed by atoms with Gasteiger partial charge in [-0.25, -0.2) is 9.97 Å². The van der Waals surface area contributed by atoms with Gasteiger partial charge in [0.05, 0.1) is 5.52 Å². The van der Waals surface area contributed by atoms with E-state index in [4.69, 9.17) is 0 Å². The number of hydrogen-bond donors (Lipinski definition) is 0. The van der Waals surface area contributed by atoms with Gasteiger partial charge in [-0.3, -0.25) is 0 Å². The fourth-order valence-electron chi connectivity index (χ4n) is 3.34. The van der Waals surface area contributed by atoms with Gasteiger partial charge in [-0.2, -0.15) is 0 Å². The van der Waals surface area contributed by atoms with Gasteiger partial charge in [0, 0.05) is 36.6 Å². The van der Waals surface area contributed by atoms with E-state index in [1.807, 2.05) is 19.2 Å². The molecule has 112 valence electrons. The monoisotopic (exact) mass is 292 g/mol. The lowest BCUT2D eigenvalue weighted by Crippen LogP contribution is -2.29. The summed E-state index contributed by atoms with van der Waals surface area (Å²) >= 11 is 0. The van der Waals surface area contributed by atoms with E-state index in [1.54, 1.807) is 0 Å². The lowest BCUT2D eigenvalue weighted by Gasteiger charge is -2.29. The van der Waals surface area contributed by atoms with Crippen LogP contribution in [0.1, 0.15) is 25.1 Å². The van der Waals surface area contributed by atoms with E-state index in [1.165, 1.54) is 35.9 Å². The van der Waals surface area contributed by atoms with Gasteiger partial charge >= 0.3 is 0 Å². The van der Waals surface area contributed by atoms with Gasteiger partial charge in [0.25, 0.3) is 0 Å². The molecule has 3 heterocycles. The summed E-state index contributed by atoms with van der Waals surface area (Å²) in [5.74, 6) is 1.73. The van der Waals surface area contributed by atoms with Crippen LogP contribution < -0.4 is 4.90 Å². The predicted molar refractivity (Wildman–Crippen MR) is 89.7 cm³/mol. The Bertz CT molecular complexity index is 800. The molecule has 0 saturated carbocycles. The van der Waals surface area contributed by atoms with Gasteiger partial charge in [0.2, 0.25) is 0 Å². The largest absolute Gasteiger partial charge is 0.371 e. The van der Waals surface area contributed by atoms with E-state index < -0.39 is 0 Å². The van der Waals surface area contributed by atoms with Crippen molar-refractivity contribution in [2.45, 2.75) is 26.2 Å². The Labute approximate surface area is 130 Å². The van der Waals surface area contributed by atoms with Crippen molar-refractivity contribution in [3.63, 3.8) is 0 Å². The minimum absolute atomic E-state index is 0.798. The van der Waals surface area contributed by atoms with Crippen LogP contribution in [0.2, 0.25) is 0 Å². The minimum Gasteiger partial charge on any atom is -0.371 e. The zero-order chi connectivity index (χ0) is 14.9. The highest BCUT2D eigenvalue weighted by Crippen LogP contribution is 2.30. The number of rotatable bonds is 2. The molecule has 1 fully saturated rings. The Hall–Kier alpha value is -2.36. The van der Waals surface area contributed by atoms with E-state index in [9.17, 15) is 0 Å². The number of fused-ring (bicyclic) bond motifs is 1. The van der Waals surface area contributed by atoms with Crippen molar-refractivity contribution in [2.75, 3.05) is 18.0 Å². The van der Waals surface area contributed by atoms with Crippen LogP contribution in [0.3, 0.4) is 0 Å². The van der Waals surface area contributed by atoms with Gasteiger partial charge in [-0.05, 0) is 50.5 Å². The number of benzene rings is 1. The van der Waals surface area contributed by atoms with Crippen LogP contribution in [0.15, 0.2) is 42.7 Å². The Balaban J connectivity index is 1.83. The Morgan fingerprint density at radius 2 is 1.86 bits per heavy atom. The summed E-state index contributed by atoms with van der Waals surface area (Å²) in [6, 6.07) is 10.7. The molecule has 0 amide bonds. The SMILES string of the molecule is Cc1nccc(-n2ccc3c(N4CCCCC4)cccc32)n1. The smallest absolute Gasteiger partial charge is 0.140 e. The Morgan fingerprint density at radius 1 is 1.00 bits per heavy atom. The summed E-state index contributed by atoms with van der Waals surface area (Å²) < 4.78 is 2.15. The molecule has 3 aromatic rings. The summed E-state index contributed by atoms with van der Waals surface area (Å²) in [5, 5.41) is 1.31. The maximum Gasteiger partial charge on any atom is 0.140 e. The number of aromatic nitrogens is 3. The van der Waals surface area contributed by atoms with Crippen molar-refractivity contribution >= 4 is 16.6 Å². The summed E-state index contributed by atoms with van der Waals surface area (Å²) in [5.41, 5.74) is 2.56. The molecule has 0 bridgehead atoms. The molecule has 4 heteroatoms. The zero-order valence-corrected chi connectivity index (χ0v) is 12.9. The van der Waals surface area contributed by atoms with Crippen molar-refractivity contribution in [1.82, 2.24) is 14.5 Å². The molecule has 1 aliphatic rings. The fraction of sp³-hybridized carbons (Fsp3) is 0.333. The van der Waals surface area contributed by atoms with Crippen LogP contribution in [-0.2, 0) is 0 Å². The fourth-order valence-corrected chi connectivity index (χ4v) is 3.34. The molecular formula is C18H20N4. The molecule has 2 aromatic heterocycles. The molecular weight excluding hydrogens is 272 g/mol. The maximum atomic E-state index is 4.55. The van der Waals surface area contributed by atoms with Gasteiger partial charge in [0.1, 0.15) is 11.6 Å². The first kappa shape index (κ1) is 13.3. The molecule has 1 aromatic carbocycles. The van der Waals surface area contributed by atoms with Crippen molar-refractivity contribution < 1.29 is 0 Å². The molecule has 0 unspecified atom stereocenters. The van der Waals surface area contributed by atoms with E-state index >= 15 is 0 Å². The van der Waals surface area contributed by atoms with Gasteiger partial charge in [-0.15, -0.1) is 0 Å². The molecule has 4 nitrogen and oxygen atoms in total. The maximum absolute atomic E-state index is 4.55. The lowest BCUT2D eigenvalue weighted by molar-refractivity contribution is 0.579. The molecule has 4 rings (SSSR count). The summed E-state index contributed by atoms with van der Waals surface area (Å²) in [7, 11) is 0. The summed E-state index contributed by atoms with van der Waals surface area (Å²) in [4.78, 5) is 11.2. The van der Waals surface area contributed by atoms with Gasteiger partial charge in [-0.1, -0.05) is 6.07 Å². The lowest BCUT2D eigenvalue weighted by atomic mass is 10.1. The highest BCUT2D eigenvalue weighted by molar-refractivity contribution is 5.93. The number of hydrogen-bond acceptors (Lipinski definition) is 3. The van der Waals surface area contributed by atoms with Gasteiger partial charge < -0.3 is 9.47 Å². The molecule has 0 atom stereocenters. The summed E-state index contributed by atoms with van der Waals surface area (Å²) in [6.07, 6.45) is 7.87. The van der Waals surface area contributed by atoms with Crippen LogP contribution in [0.5, 0.6) is 0 Å². The highest BCUT2D eigenvalue weighted by atomic mass is 15.1. The average Bonchev–Trinajstić information content (AvgIpc) is 3.00. The van der Waals surface area contributed by atoms with E-state index in [0.717, 1.165) is 24.7 Å². The Kier molecular flexibility index (Phi) is 3.29. The second-order valence-corrected chi connectivity index (χ2v) is 5.91. The third-order valence-corrected chi connectivity index (χ3v) is 4.41. The number of nitrogens with zero attached hydrogens (tertiary/aromatic N) is 4. The van der Waals surface area contributed by atoms with Crippen LogP contribution >= 0.6 is 0 Å². The third kappa shape index (κ3) is 2.25. The molecule has 22 heavy (non-hydrogen) atoms. The normalized spacial score (nSPS) is 15.4. The van der Waals surface area contributed by atoms with Crippen LogP contribution in [-0.4, -0.2) is 27.6 Å². The summed E-state index contributed by atoms with van der Waals surface area (Å²) in [6.45, 7) is 4.25. The van der Waals surface area contributed by atoms with Gasteiger partial charge in [0.15, 0.2) is 0 Å². The average molecular weight is 292 g/mol. The van der Waals surface area contributed by atoms with Crippen molar-refractivity contribution in [1.29, 1.82) is 0 Å².